The summed E-state index contributed by atoms with van der Waals surface area (Å²) in [6, 6.07) is 3.41. The summed E-state index contributed by atoms with van der Waals surface area (Å²) in [6.45, 7) is 7.05. The maximum Gasteiger partial charge on any atom is 0.336 e. The Morgan fingerprint density at radius 1 is 1.19 bits per heavy atom. The lowest BCUT2D eigenvalue weighted by Crippen LogP contribution is -2.41. The minimum atomic E-state index is -1.12. The molecule has 0 aliphatic heterocycles. The van der Waals surface area contributed by atoms with E-state index in [0.29, 0.717) is 17.5 Å². The summed E-state index contributed by atoms with van der Waals surface area (Å²) >= 11 is 0. The van der Waals surface area contributed by atoms with Gasteiger partial charge in [-0.25, -0.2) is 4.79 Å². The highest BCUT2D eigenvalue weighted by Gasteiger charge is 2.24. The van der Waals surface area contributed by atoms with Gasteiger partial charge in [0.25, 0.3) is 5.91 Å². The lowest BCUT2D eigenvalue weighted by atomic mass is 9.96. The van der Waals surface area contributed by atoms with Crippen molar-refractivity contribution in [2.75, 3.05) is 6.54 Å². The van der Waals surface area contributed by atoms with Gasteiger partial charge in [0.05, 0.1) is 16.7 Å². The standard InChI is InChI=1S/C16H23NO4/c1-5-8-16(4,21)9-17-14(18)12-10(2)6-7-11(3)13(12)15(19)20/h6-7,21H,5,8-9H2,1-4H3,(H,17,18)(H,19,20). The Labute approximate surface area is 125 Å². The lowest BCUT2D eigenvalue weighted by Gasteiger charge is -2.23. The van der Waals surface area contributed by atoms with E-state index < -0.39 is 17.5 Å². The van der Waals surface area contributed by atoms with Gasteiger partial charge in [-0.3, -0.25) is 4.79 Å². The summed E-state index contributed by atoms with van der Waals surface area (Å²) in [5.41, 5.74) is 0.326. The van der Waals surface area contributed by atoms with Gasteiger partial charge >= 0.3 is 5.97 Å². The first kappa shape index (κ1) is 17.2. The van der Waals surface area contributed by atoms with E-state index in [9.17, 15) is 19.8 Å². The molecule has 0 fully saturated rings. The van der Waals surface area contributed by atoms with Gasteiger partial charge in [-0.05, 0) is 38.3 Å². The van der Waals surface area contributed by atoms with Crippen LogP contribution in [0.25, 0.3) is 0 Å². The summed E-state index contributed by atoms with van der Waals surface area (Å²) in [5.74, 6) is -1.59. The normalized spacial score (nSPS) is 13.6. The number of hydrogen-bond donors (Lipinski definition) is 3. The molecule has 0 heterocycles. The van der Waals surface area contributed by atoms with Crippen LogP contribution in [0.3, 0.4) is 0 Å². The number of nitrogens with one attached hydrogen (secondary N) is 1. The van der Waals surface area contributed by atoms with E-state index in [1.807, 2.05) is 6.92 Å². The first-order valence-corrected chi connectivity index (χ1v) is 7.03. The number of aryl methyl sites for hydroxylation is 2. The van der Waals surface area contributed by atoms with E-state index >= 15 is 0 Å². The minimum Gasteiger partial charge on any atom is -0.478 e. The first-order valence-electron chi connectivity index (χ1n) is 7.03. The second-order valence-corrected chi connectivity index (χ2v) is 5.68. The van der Waals surface area contributed by atoms with Crippen molar-refractivity contribution >= 4 is 11.9 Å². The van der Waals surface area contributed by atoms with Crippen LogP contribution in [0.15, 0.2) is 12.1 Å². The SMILES string of the molecule is CCCC(C)(O)CNC(=O)c1c(C)ccc(C)c1C(=O)O. The van der Waals surface area contributed by atoms with Gasteiger partial charge in [-0.15, -0.1) is 0 Å². The molecule has 0 aliphatic carbocycles. The maximum atomic E-state index is 12.3. The van der Waals surface area contributed by atoms with Gasteiger partial charge in [-0.1, -0.05) is 25.5 Å². The molecule has 3 N–H and O–H groups in total. The zero-order valence-electron chi connectivity index (χ0n) is 13.0. The van der Waals surface area contributed by atoms with Crippen molar-refractivity contribution in [1.82, 2.24) is 5.32 Å². The third kappa shape index (κ3) is 4.29. The topological polar surface area (TPSA) is 86.6 Å². The van der Waals surface area contributed by atoms with Crippen molar-refractivity contribution in [2.24, 2.45) is 0 Å². The van der Waals surface area contributed by atoms with E-state index in [-0.39, 0.29) is 17.7 Å². The van der Waals surface area contributed by atoms with Crippen molar-refractivity contribution < 1.29 is 19.8 Å². The van der Waals surface area contributed by atoms with Crippen LogP contribution in [-0.2, 0) is 0 Å². The van der Waals surface area contributed by atoms with Gasteiger partial charge in [-0.2, -0.15) is 0 Å². The molecule has 0 saturated carbocycles. The van der Waals surface area contributed by atoms with Crippen LogP contribution >= 0.6 is 0 Å². The van der Waals surface area contributed by atoms with Crippen molar-refractivity contribution in [3.63, 3.8) is 0 Å². The minimum absolute atomic E-state index is 0.0163. The Kier molecular flexibility index (Phi) is 5.49. The Balaban J connectivity index is 3.03. The Morgan fingerprint density at radius 2 is 1.71 bits per heavy atom. The zero-order valence-corrected chi connectivity index (χ0v) is 13.0. The highest BCUT2D eigenvalue weighted by Crippen LogP contribution is 2.19. The van der Waals surface area contributed by atoms with Gasteiger partial charge in [0.1, 0.15) is 0 Å². The number of hydrogen-bond acceptors (Lipinski definition) is 3. The van der Waals surface area contributed by atoms with E-state index in [1.54, 1.807) is 32.9 Å². The molecule has 5 nitrogen and oxygen atoms in total. The highest BCUT2D eigenvalue weighted by molar-refractivity contribution is 6.06. The number of aliphatic hydroxyl groups is 1. The number of aromatic carboxylic acids is 1. The molecule has 1 unspecified atom stereocenters. The number of carbonyl (C=O) groups is 2. The van der Waals surface area contributed by atoms with Crippen LogP contribution in [0.5, 0.6) is 0 Å². The van der Waals surface area contributed by atoms with Crippen molar-refractivity contribution in [1.29, 1.82) is 0 Å². The molecule has 1 aromatic carbocycles. The number of carboxylic acids is 1. The average Bonchev–Trinajstić information content (AvgIpc) is 2.38. The Morgan fingerprint density at radius 3 is 2.19 bits per heavy atom. The number of carboxylic acid groups (broad SMARTS) is 1. The fourth-order valence-electron chi connectivity index (χ4n) is 2.37. The molecule has 5 heteroatoms. The summed E-state index contributed by atoms with van der Waals surface area (Å²) < 4.78 is 0. The number of amides is 1. The van der Waals surface area contributed by atoms with Crippen LogP contribution in [0, 0.1) is 13.8 Å². The Hall–Kier alpha value is -1.88. The molecule has 116 valence electrons. The van der Waals surface area contributed by atoms with Gasteiger partial charge in [0.15, 0.2) is 0 Å². The molecule has 21 heavy (non-hydrogen) atoms. The molecule has 1 aromatic rings. The van der Waals surface area contributed by atoms with Gasteiger partial charge in [0.2, 0.25) is 0 Å². The van der Waals surface area contributed by atoms with Crippen molar-refractivity contribution in [3.05, 3.63) is 34.4 Å². The molecular formula is C16H23NO4. The number of carbonyl (C=O) groups excluding carboxylic acids is 1. The van der Waals surface area contributed by atoms with E-state index in [2.05, 4.69) is 5.32 Å². The third-order valence-corrected chi connectivity index (χ3v) is 3.48. The zero-order chi connectivity index (χ0) is 16.2. The van der Waals surface area contributed by atoms with E-state index in [0.717, 1.165) is 6.42 Å². The second-order valence-electron chi connectivity index (χ2n) is 5.68. The molecule has 1 rings (SSSR count). The van der Waals surface area contributed by atoms with Crippen LogP contribution in [-0.4, -0.2) is 34.2 Å². The van der Waals surface area contributed by atoms with Crippen molar-refractivity contribution in [3.8, 4) is 0 Å². The molecule has 0 spiro atoms. The predicted molar refractivity (Wildman–Crippen MR) is 80.7 cm³/mol. The van der Waals surface area contributed by atoms with Crippen LogP contribution in [0.1, 0.15) is 58.5 Å². The summed E-state index contributed by atoms with van der Waals surface area (Å²) in [6.07, 6.45) is 1.36. The fraction of sp³-hybridized carbons (Fsp3) is 0.500. The van der Waals surface area contributed by atoms with Crippen LogP contribution in [0.2, 0.25) is 0 Å². The number of rotatable bonds is 6. The van der Waals surface area contributed by atoms with Crippen LogP contribution in [0.4, 0.5) is 0 Å². The van der Waals surface area contributed by atoms with Crippen LogP contribution < -0.4 is 5.32 Å². The molecule has 0 aliphatic rings. The smallest absolute Gasteiger partial charge is 0.336 e. The average molecular weight is 293 g/mol. The summed E-state index contributed by atoms with van der Waals surface area (Å²) in [5, 5.41) is 22.0. The molecule has 1 amide bonds. The van der Waals surface area contributed by atoms with E-state index in [4.69, 9.17) is 0 Å². The summed E-state index contributed by atoms with van der Waals surface area (Å²) in [7, 11) is 0. The predicted octanol–water partition coefficient (Wildman–Crippen LogP) is 2.28. The lowest BCUT2D eigenvalue weighted by molar-refractivity contribution is 0.0469. The summed E-state index contributed by atoms with van der Waals surface area (Å²) in [4.78, 5) is 23.7. The quantitative estimate of drug-likeness (QED) is 0.751. The monoisotopic (exact) mass is 293 g/mol. The second kappa shape index (κ2) is 6.72. The molecule has 1 atom stereocenters. The highest BCUT2D eigenvalue weighted by atomic mass is 16.4. The molecular weight excluding hydrogens is 270 g/mol. The molecule has 0 aromatic heterocycles. The first-order chi connectivity index (χ1) is 9.69. The molecule has 0 saturated heterocycles. The van der Waals surface area contributed by atoms with Gasteiger partial charge in [0, 0.05) is 6.54 Å². The fourth-order valence-corrected chi connectivity index (χ4v) is 2.37. The maximum absolute atomic E-state index is 12.3. The van der Waals surface area contributed by atoms with Gasteiger partial charge < -0.3 is 15.5 Å². The molecule has 0 radical (unpaired) electrons. The van der Waals surface area contributed by atoms with Crippen molar-refractivity contribution in [2.45, 2.75) is 46.1 Å². The van der Waals surface area contributed by atoms with E-state index in [1.165, 1.54) is 0 Å². The third-order valence-electron chi connectivity index (χ3n) is 3.48. The Bertz CT molecular complexity index is 549. The molecule has 0 bridgehead atoms. The largest absolute Gasteiger partial charge is 0.478 e. The number of benzene rings is 1.